The standard InChI is InChI=1S/C23H25N5O2/c1-2-16-6-5-7-18(14-16)25-22(29)17-9-12-28(13-10-17)23(30)21-15-20(26-27-21)19-8-3-4-11-24-19/h3-8,11,14-15,17H,2,9-10,12-13H2,1H3,(H,25,29)(H,26,27). The van der Waals surface area contributed by atoms with Gasteiger partial charge in [-0.1, -0.05) is 25.1 Å². The lowest BCUT2D eigenvalue weighted by Gasteiger charge is -2.31. The van der Waals surface area contributed by atoms with Gasteiger partial charge in [0.1, 0.15) is 11.4 Å². The van der Waals surface area contributed by atoms with Crippen molar-refractivity contribution in [3.8, 4) is 11.4 Å². The number of hydrogen-bond acceptors (Lipinski definition) is 4. The summed E-state index contributed by atoms with van der Waals surface area (Å²) in [4.78, 5) is 31.5. The number of carbonyl (C=O) groups excluding carboxylic acids is 2. The van der Waals surface area contributed by atoms with Gasteiger partial charge in [-0.25, -0.2) is 0 Å². The van der Waals surface area contributed by atoms with E-state index in [1.807, 2.05) is 36.4 Å². The van der Waals surface area contributed by atoms with E-state index in [9.17, 15) is 9.59 Å². The summed E-state index contributed by atoms with van der Waals surface area (Å²) in [6.07, 6.45) is 3.91. The smallest absolute Gasteiger partial charge is 0.271 e. The van der Waals surface area contributed by atoms with Crippen LogP contribution in [-0.2, 0) is 11.2 Å². The van der Waals surface area contributed by atoms with Crippen LogP contribution < -0.4 is 5.32 Å². The Morgan fingerprint density at radius 2 is 1.93 bits per heavy atom. The van der Waals surface area contributed by atoms with Crippen molar-refractivity contribution in [1.82, 2.24) is 20.1 Å². The zero-order valence-electron chi connectivity index (χ0n) is 17.0. The van der Waals surface area contributed by atoms with Crippen molar-refractivity contribution in [3.05, 3.63) is 66.0 Å². The molecule has 1 aliphatic rings. The summed E-state index contributed by atoms with van der Waals surface area (Å²) in [6, 6.07) is 15.2. The topological polar surface area (TPSA) is 91.0 Å². The number of nitrogens with one attached hydrogen (secondary N) is 2. The predicted molar refractivity (Wildman–Crippen MR) is 115 cm³/mol. The van der Waals surface area contributed by atoms with Crippen LogP contribution in [-0.4, -0.2) is 45.0 Å². The Kier molecular flexibility index (Phi) is 5.88. The summed E-state index contributed by atoms with van der Waals surface area (Å²) in [7, 11) is 0. The highest BCUT2D eigenvalue weighted by atomic mass is 16.2. The molecule has 1 aromatic carbocycles. The van der Waals surface area contributed by atoms with Gasteiger partial charge in [-0.3, -0.25) is 19.7 Å². The summed E-state index contributed by atoms with van der Waals surface area (Å²) in [6.45, 7) is 3.18. The molecular weight excluding hydrogens is 378 g/mol. The molecule has 7 nitrogen and oxygen atoms in total. The summed E-state index contributed by atoms with van der Waals surface area (Å²) >= 11 is 0. The molecule has 0 spiro atoms. The average molecular weight is 403 g/mol. The van der Waals surface area contributed by atoms with Crippen molar-refractivity contribution in [2.75, 3.05) is 18.4 Å². The number of hydrogen-bond donors (Lipinski definition) is 2. The molecule has 2 N–H and O–H groups in total. The summed E-state index contributed by atoms with van der Waals surface area (Å²) in [5, 5.41) is 10.0. The van der Waals surface area contributed by atoms with Crippen LogP contribution in [0.3, 0.4) is 0 Å². The second-order valence-corrected chi connectivity index (χ2v) is 7.49. The average Bonchev–Trinajstić information content (AvgIpc) is 3.30. The van der Waals surface area contributed by atoms with Crippen LogP contribution >= 0.6 is 0 Å². The van der Waals surface area contributed by atoms with Gasteiger partial charge in [-0.2, -0.15) is 5.10 Å². The zero-order valence-corrected chi connectivity index (χ0v) is 17.0. The van der Waals surface area contributed by atoms with Gasteiger partial charge < -0.3 is 10.2 Å². The Hall–Kier alpha value is -3.48. The largest absolute Gasteiger partial charge is 0.337 e. The van der Waals surface area contributed by atoms with Gasteiger partial charge in [0.25, 0.3) is 5.91 Å². The van der Waals surface area contributed by atoms with Crippen molar-refractivity contribution in [1.29, 1.82) is 0 Å². The Morgan fingerprint density at radius 3 is 2.67 bits per heavy atom. The first-order valence-electron chi connectivity index (χ1n) is 10.3. The fourth-order valence-electron chi connectivity index (χ4n) is 3.71. The Balaban J connectivity index is 1.33. The molecule has 2 aromatic heterocycles. The number of carbonyl (C=O) groups is 2. The first-order chi connectivity index (χ1) is 14.6. The van der Waals surface area contributed by atoms with E-state index in [-0.39, 0.29) is 17.7 Å². The van der Waals surface area contributed by atoms with Crippen LogP contribution in [0.4, 0.5) is 5.69 Å². The minimum Gasteiger partial charge on any atom is -0.337 e. The number of aryl methyl sites for hydroxylation is 1. The van der Waals surface area contributed by atoms with Crippen LogP contribution in [0.1, 0.15) is 35.8 Å². The lowest BCUT2D eigenvalue weighted by molar-refractivity contribution is -0.121. The first kappa shape index (κ1) is 19.8. The molecule has 0 atom stereocenters. The van der Waals surface area contributed by atoms with Crippen molar-refractivity contribution in [3.63, 3.8) is 0 Å². The van der Waals surface area contributed by atoms with Crippen molar-refractivity contribution >= 4 is 17.5 Å². The van der Waals surface area contributed by atoms with E-state index < -0.39 is 0 Å². The lowest BCUT2D eigenvalue weighted by atomic mass is 9.95. The highest BCUT2D eigenvalue weighted by molar-refractivity contribution is 5.94. The third kappa shape index (κ3) is 4.40. The first-order valence-corrected chi connectivity index (χ1v) is 10.3. The zero-order chi connectivity index (χ0) is 20.9. The van der Waals surface area contributed by atoms with Gasteiger partial charge in [0, 0.05) is 30.9 Å². The Bertz CT molecular complexity index is 1020. The molecule has 0 aliphatic carbocycles. The molecule has 4 rings (SSSR count). The van der Waals surface area contributed by atoms with Crippen LogP contribution in [0.15, 0.2) is 54.7 Å². The molecule has 154 valence electrons. The number of aromatic nitrogens is 3. The summed E-state index contributed by atoms with van der Waals surface area (Å²) < 4.78 is 0. The van der Waals surface area contributed by atoms with E-state index >= 15 is 0 Å². The maximum Gasteiger partial charge on any atom is 0.271 e. The van der Waals surface area contributed by atoms with E-state index in [1.165, 1.54) is 5.56 Å². The molecule has 0 unspecified atom stereocenters. The molecule has 3 aromatic rings. The molecule has 1 saturated heterocycles. The minimum atomic E-state index is -0.0980. The number of H-pyrrole nitrogens is 1. The van der Waals surface area contributed by atoms with Crippen molar-refractivity contribution in [2.45, 2.75) is 26.2 Å². The fourth-order valence-corrected chi connectivity index (χ4v) is 3.71. The van der Waals surface area contributed by atoms with Gasteiger partial charge in [0.2, 0.25) is 5.91 Å². The molecule has 1 fully saturated rings. The van der Waals surface area contributed by atoms with Crippen LogP contribution in [0, 0.1) is 5.92 Å². The van der Waals surface area contributed by atoms with Crippen molar-refractivity contribution in [2.24, 2.45) is 5.92 Å². The second-order valence-electron chi connectivity index (χ2n) is 7.49. The monoisotopic (exact) mass is 403 g/mol. The number of pyridine rings is 1. The molecule has 30 heavy (non-hydrogen) atoms. The summed E-state index contributed by atoms with van der Waals surface area (Å²) in [5.41, 5.74) is 3.82. The molecule has 1 aliphatic heterocycles. The number of rotatable bonds is 5. The lowest BCUT2D eigenvalue weighted by Crippen LogP contribution is -2.41. The van der Waals surface area contributed by atoms with Gasteiger partial charge in [-0.05, 0) is 55.2 Å². The number of aromatic amines is 1. The van der Waals surface area contributed by atoms with Crippen LogP contribution in [0.25, 0.3) is 11.4 Å². The number of nitrogens with zero attached hydrogens (tertiary/aromatic N) is 3. The molecule has 7 heteroatoms. The summed E-state index contributed by atoms with van der Waals surface area (Å²) in [5.74, 6) is -0.168. The van der Waals surface area contributed by atoms with Gasteiger partial charge in [0.15, 0.2) is 0 Å². The SMILES string of the molecule is CCc1cccc(NC(=O)C2CCN(C(=O)c3cc(-c4ccccn4)n[nH]3)CC2)c1. The number of piperidine rings is 1. The van der Waals surface area contributed by atoms with Gasteiger partial charge >= 0.3 is 0 Å². The Morgan fingerprint density at radius 1 is 1.10 bits per heavy atom. The molecule has 2 amide bonds. The quantitative estimate of drug-likeness (QED) is 0.682. The third-order valence-electron chi connectivity index (χ3n) is 5.49. The third-order valence-corrected chi connectivity index (χ3v) is 5.49. The fraction of sp³-hybridized carbons (Fsp3) is 0.304. The van der Waals surface area contributed by atoms with Crippen molar-refractivity contribution < 1.29 is 9.59 Å². The molecule has 3 heterocycles. The molecule has 0 radical (unpaired) electrons. The maximum atomic E-state index is 12.8. The predicted octanol–water partition coefficient (Wildman–Crippen LogP) is 3.53. The molecule has 0 saturated carbocycles. The van der Waals surface area contributed by atoms with E-state index in [0.29, 0.717) is 37.3 Å². The Labute approximate surface area is 175 Å². The number of benzene rings is 1. The van der Waals surface area contributed by atoms with E-state index in [1.54, 1.807) is 17.2 Å². The normalized spacial score (nSPS) is 14.5. The van der Waals surface area contributed by atoms with E-state index in [2.05, 4.69) is 33.5 Å². The molecule has 0 bridgehead atoms. The number of likely N-dealkylation sites (tertiary alicyclic amines) is 1. The van der Waals surface area contributed by atoms with E-state index in [4.69, 9.17) is 0 Å². The van der Waals surface area contributed by atoms with E-state index in [0.717, 1.165) is 17.8 Å². The molecular formula is C23H25N5O2. The maximum absolute atomic E-state index is 12.8. The number of anilines is 1. The highest BCUT2D eigenvalue weighted by Crippen LogP contribution is 2.22. The van der Waals surface area contributed by atoms with Crippen LogP contribution in [0.5, 0.6) is 0 Å². The highest BCUT2D eigenvalue weighted by Gasteiger charge is 2.28. The van der Waals surface area contributed by atoms with Gasteiger partial charge in [-0.15, -0.1) is 0 Å². The van der Waals surface area contributed by atoms with Gasteiger partial charge in [0.05, 0.1) is 5.69 Å². The minimum absolute atomic E-state index is 0.0225. The second kappa shape index (κ2) is 8.90. The number of amides is 2. The van der Waals surface area contributed by atoms with Crippen LogP contribution in [0.2, 0.25) is 0 Å².